The number of amides is 1. The molecule has 92 valence electrons. The summed E-state index contributed by atoms with van der Waals surface area (Å²) in [5, 5.41) is 12.0. The number of nitrogens with zero attached hydrogens (tertiary/aromatic N) is 2. The van der Waals surface area contributed by atoms with E-state index in [0.29, 0.717) is 10.4 Å². The van der Waals surface area contributed by atoms with E-state index in [1.807, 2.05) is 0 Å². The molecule has 0 saturated carbocycles. The monoisotopic (exact) mass is 308 g/mol. The molecule has 0 atom stereocenters. The zero-order valence-electron chi connectivity index (χ0n) is 9.09. The van der Waals surface area contributed by atoms with Gasteiger partial charge in [0.1, 0.15) is 10.4 Å². The maximum atomic E-state index is 11.8. The zero-order valence-corrected chi connectivity index (χ0v) is 10.7. The standard InChI is InChI=1S/C11H9BrN4O2/c12-9-4-15-10(5-14-9)16-11(18)6-1-2-7(13)8(17)3-6/h1-5,17H,13H2,(H,15,16,18). The topological polar surface area (TPSA) is 101 Å². The predicted octanol–water partition coefficient (Wildman–Crippen LogP) is 1.78. The van der Waals surface area contributed by atoms with Gasteiger partial charge in [-0.05, 0) is 34.1 Å². The minimum absolute atomic E-state index is 0.135. The quantitative estimate of drug-likeness (QED) is 0.580. The van der Waals surface area contributed by atoms with Crippen LogP contribution in [0, 0.1) is 0 Å². The largest absolute Gasteiger partial charge is 0.506 e. The summed E-state index contributed by atoms with van der Waals surface area (Å²) in [6.45, 7) is 0. The van der Waals surface area contributed by atoms with Crippen molar-refractivity contribution >= 4 is 33.3 Å². The third kappa shape index (κ3) is 2.75. The number of anilines is 2. The van der Waals surface area contributed by atoms with E-state index in [9.17, 15) is 9.90 Å². The smallest absolute Gasteiger partial charge is 0.256 e. The molecule has 2 aromatic rings. The Morgan fingerprint density at radius 3 is 2.72 bits per heavy atom. The van der Waals surface area contributed by atoms with Crippen molar-refractivity contribution < 1.29 is 9.90 Å². The highest BCUT2D eigenvalue weighted by Gasteiger charge is 2.09. The molecule has 0 radical (unpaired) electrons. The Balaban J connectivity index is 2.16. The third-order valence-electron chi connectivity index (χ3n) is 2.15. The summed E-state index contributed by atoms with van der Waals surface area (Å²) in [7, 11) is 0. The van der Waals surface area contributed by atoms with Crippen LogP contribution in [0.25, 0.3) is 0 Å². The van der Waals surface area contributed by atoms with E-state index in [4.69, 9.17) is 5.73 Å². The van der Waals surface area contributed by atoms with Gasteiger partial charge in [0.15, 0.2) is 5.82 Å². The summed E-state index contributed by atoms with van der Waals surface area (Å²) >= 11 is 3.14. The molecule has 18 heavy (non-hydrogen) atoms. The molecule has 0 bridgehead atoms. The average Bonchev–Trinajstić information content (AvgIpc) is 2.35. The van der Waals surface area contributed by atoms with Crippen LogP contribution >= 0.6 is 15.9 Å². The number of halogens is 1. The summed E-state index contributed by atoms with van der Waals surface area (Å²) in [6.07, 6.45) is 2.88. The molecule has 0 unspecified atom stereocenters. The highest BCUT2D eigenvalue weighted by molar-refractivity contribution is 9.10. The van der Waals surface area contributed by atoms with Gasteiger partial charge in [0, 0.05) is 5.56 Å². The summed E-state index contributed by atoms with van der Waals surface area (Å²) in [5.74, 6) is -0.217. The molecule has 0 aliphatic rings. The molecule has 7 heteroatoms. The molecule has 1 aromatic carbocycles. The number of carbonyl (C=O) groups excluding carboxylic acids is 1. The number of aromatic nitrogens is 2. The molecule has 1 aromatic heterocycles. The molecule has 6 nitrogen and oxygen atoms in total. The van der Waals surface area contributed by atoms with Crippen LogP contribution in [0.3, 0.4) is 0 Å². The van der Waals surface area contributed by atoms with Crippen LogP contribution in [0.5, 0.6) is 5.75 Å². The fourth-order valence-corrected chi connectivity index (χ4v) is 1.45. The van der Waals surface area contributed by atoms with Crippen LogP contribution in [0.15, 0.2) is 35.2 Å². The maximum absolute atomic E-state index is 11.8. The van der Waals surface area contributed by atoms with Gasteiger partial charge in [0.2, 0.25) is 0 Å². The van der Waals surface area contributed by atoms with Crippen LogP contribution < -0.4 is 11.1 Å². The van der Waals surface area contributed by atoms with Gasteiger partial charge < -0.3 is 16.2 Å². The third-order valence-corrected chi connectivity index (χ3v) is 2.56. The first-order valence-electron chi connectivity index (χ1n) is 4.93. The number of carbonyl (C=O) groups is 1. The van der Waals surface area contributed by atoms with Gasteiger partial charge in [0.25, 0.3) is 5.91 Å². The molecule has 0 spiro atoms. The number of nitrogen functional groups attached to an aromatic ring is 1. The summed E-state index contributed by atoms with van der Waals surface area (Å²) in [6, 6.07) is 4.26. The van der Waals surface area contributed by atoms with Gasteiger partial charge in [-0.3, -0.25) is 4.79 Å². The van der Waals surface area contributed by atoms with Gasteiger partial charge in [-0.25, -0.2) is 9.97 Å². The Morgan fingerprint density at radius 1 is 1.33 bits per heavy atom. The number of hydrogen-bond acceptors (Lipinski definition) is 5. The Labute approximate surface area is 111 Å². The lowest BCUT2D eigenvalue weighted by atomic mass is 10.2. The Hall–Kier alpha value is -2.15. The van der Waals surface area contributed by atoms with Crippen LogP contribution in [-0.4, -0.2) is 21.0 Å². The number of benzene rings is 1. The van der Waals surface area contributed by atoms with Crippen LogP contribution in [0.4, 0.5) is 11.5 Å². The zero-order chi connectivity index (χ0) is 13.1. The van der Waals surface area contributed by atoms with Crippen molar-refractivity contribution in [2.24, 2.45) is 0 Å². The van der Waals surface area contributed by atoms with Crippen molar-refractivity contribution in [1.29, 1.82) is 0 Å². The molecule has 4 N–H and O–H groups in total. The van der Waals surface area contributed by atoms with Crippen molar-refractivity contribution in [3.05, 3.63) is 40.8 Å². The Morgan fingerprint density at radius 2 is 2.11 bits per heavy atom. The predicted molar refractivity (Wildman–Crippen MR) is 70.2 cm³/mol. The van der Waals surface area contributed by atoms with Crippen molar-refractivity contribution in [1.82, 2.24) is 9.97 Å². The molecule has 0 aliphatic heterocycles. The number of rotatable bonds is 2. The molecule has 2 rings (SSSR count). The van der Waals surface area contributed by atoms with Gasteiger partial charge in [-0.2, -0.15) is 0 Å². The van der Waals surface area contributed by atoms with E-state index < -0.39 is 5.91 Å². The number of hydrogen-bond donors (Lipinski definition) is 3. The van der Waals surface area contributed by atoms with Crippen molar-refractivity contribution in [2.75, 3.05) is 11.1 Å². The van der Waals surface area contributed by atoms with Crippen LogP contribution in [-0.2, 0) is 0 Å². The highest BCUT2D eigenvalue weighted by atomic mass is 79.9. The number of aromatic hydroxyl groups is 1. The van der Waals surface area contributed by atoms with Gasteiger partial charge in [-0.15, -0.1) is 0 Å². The van der Waals surface area contributed by atoms with Crippen molar-refractivity contribution in [2.45, 2.75) is 0 Å². The van der Waals surface area contributed by atoms with E-state index >= 15 is 0 Å². The Kier molecular flexibility index (Phi) is 3.42. The number of nitrogens with two attached hydrogens (primary N) is 1. The van der Waals surface area contributed by atoms with Crippen molar-refractivity contribution in [3.8, 4) is 5.75 Å². The molecule has 0 fully saturated rings. The molecular weight excluding hydrogens is 300 g/mol. The lowest BCUT2D eigenvalue weighted by Gasteiger charge is -2.05. The van der Waals surface area contributed by atoms with E-state index in [1.165, 1.54) is 30.6 Å². The lowest BCUT2D eigenvalue weighted by molar-refractivity contribution is 0.102. The fourth-order valence-electron chi connectivity index (χ4n) is 1.25. The molecular formula is C11H9BrN4O2. The molecule has 0 aliphatic carbocycles. The summed E-state index contributed by atoms with van der Waals surface area (Å²) < 4.78 is 0.575. The lowest BCUT2D eigenvalue weighted by Crippen LogP contribution is -2.13. The normalized spacial score (nSPS) is 10.1. The average molecular weight is 309 g/mol. The SMILES string of the molecule is Nc1ccc(C(=O)Nc2cnc(Br)cn2)cc1O. The van der Waals surface area contributed by atoms with E-state index in [2.05, 4.69) is 31.2 Å². The van der Waals surface area contributed by atoms with Gasteiger partial charge >= 0.3 is 0 Å². The summed E-state index contributed by atoms with van der Waals surface area (Å²) in [4.78, 5) is 19.7. The maximum Gasteiger partial charge on any atom is 0.256 e. The van der Waals surface area contributed by atoms with Gasteiger partial charge in [0.05, 0.1) is 18.1 Å². The highest BCUT2D eigenvalue weighted by Crippen LogP contribution is 2.21. The van der Waals surface area contributed by atoms with Crippen LogP contribution in [0.1, 0.15) is 10.4 Å². The minimum atomic E-state index is -0.401. The van der Waals surface area contributed by atoms with E-state index in [-0.39, 0.29) is 17.0 Å². The first kappa shape index (κ1) is 12.3. The van der Waals surface area contributed by atoms with E-state index in [1.54, 1.807) is 0 Å². The van der Waals surface area contributed by atoms with Gasteiger partial charge in [-0.1, -0.05) is 0 Å². The van der Waals surface area contributed by atoms with Crippen LogP contribution in [0.2, 0.25) is 0 Å². The fraction of sp³-hybridized carbons (Fsp3) is 0. The first-order chi connectivity index (χ1) is 8.56. The van der Waals surface area contributed by atoms with E-state index in [0.717, 1.165) is 0 Å². The second-order valence-electron chi connectivity index (χ2n) is 3.45. The number of phenols is 1. The number of nitrogens with one attached hydrogen (secondary N) is 1. The van der Waals surface area contributed by atoms with Crippen molar-refractivity contribution in [3.63, 3.8) is 0 Å². The molecule has 0 saturated heterocycles. The minimum Gasteiger partial charge on any atom is -0.506 e. The second-order valence-corrected chi connectivity index (χ2v) is 4.26. The first-order valence-corrected chi connectivity index (χ1v) is 5.73. The second kappa shape index (κ2) is 5.01. The Bertz CT molecular complexity index is 586. The molecule has 1 amide bonds. The molecule has 1 heterocycles. The summed E-state index contributed by atoms with van der Waals surface area (Å²) in [5.41, 5.74) is 5.95. The number of phenolic OH excluding ortho intramolecular Hbond substituents is 1.